The third-order valence-electron chi connectivity index (χ3n) is 12.0. The van der Waals surface area contributed by atoms with Gasteiger partial charge in [-0.15, -0.1) is 0 Å². The van der Waals surface area contributed by atoms with Crippen LogP contribution < -0.4 is 21.1 Å². The molecule has 0 unspecified atom stereocenters. The number of carbonyl (C=O) groups excluding carboxylic acids is 3. The van der Waals surface area contributed by atoms with Crippen LogP contribution in [0.3, 0.4) is 0 Å². The topological polar surface area (TPSA) is 178 Å². The summed E-state index contributed by atoms with van der Waals surface area (Å²) in [5, 5.41) is 32.3. The number of amides is 1. The summed E-state index contributed by atoms with van der Waals surface area (Å²) in [7, 11) is 0. The number of nitrogens with zero attached hydrogens (tertiary/aromatic N) is 2. The second kappa shape index (κ2) is 13.7. The van der Waals surface area contributed by atoms with E-state index < -0.39 is 17.5 Å². The lowest BCUT2D eigenvalue weighted by molar-refractivity contribution is 0.0224. The van der Waals surface area contributed by atoms with Gasteiger partial charge in [0.2, 0.25) is 5.91 Å². The van der Waals surface area contributed by atoms with Gasteiger partial charge in [0.15, 0.2) is 16.5 Å². The first-order valence-electron chi connectivity index (χ1n) is 19.5. The van der Waals surface area contributed by atoms with Crippen molar-refractivity contribution in [1.82, 2.24) is 15.1 Å². The van der Waals surface area contributed by atoms with E-state index in [1.54, 1.807) is 24.3 Å². The van der Waals surface area contributed by atoms with E-state index in [1.165, 1.54) is 24.3 Å². The number of fused-ring (bicyclic) bond motifs is 7. The van der Waals surface area contributed by atoms with Crippen LogP contribution in [0.5, 0.6) is 23.0 Å². The highest BCUT2D eigenvalue weighted by molar-refractivity contribution is 7.80. The number of benzene rings is 4. The first-order valence-corrected chi connectivity index (χ1v) is 19.9. The molecule has 4 aromatic carbocycles. The number of Topliss-reactive ketones (excluding diaryl/α,β-unsaturated/α-hetero) is 1. The van der Waals surface area contributed by atoms with Gasteiger partial charge in [-0.2, -0.15) is 5.10 Å². The molecule has 296 valence electrons. The summed E-state index contributed by atoms with van der Waals surface area (Å²) in [6.45, 7) is 6.08. The number of nitrogens with one attached hydrogen (secondary N) is 2. The van der Waals surface area contributed by atoms with Crippen LogP contribution in [0.1, 0.15) is 111 Å². The summed E-state index contributed by atoms with van der Waals surface area (Å²) >= 11 is 5.75. The number of phenols is 2. The number of anilines is 1. The zero-order chi connectivity index (χ0) is 40.7. The lowest BCUT2D eigenvalue weighted by Crippen LogP contribution is -2.40. The summed E-state index contributed by atoms with van der Waals surface area (Å²) in [6.07, 6.45) is 5.47. The fourth-order valence-corrected chi connectivity index (χ4v) is 9.72. The largest absolute Gasteiger partial charge is 0.508 e. The second-order valence-corrected chi connectivity index (χ2v) is 17.2. The van der Waals surface area contributed by atoms with E-state index in [4.69, 9.17) is 32.5 Å². The third kappa shape index (κ3) is 6.33. The number of thiocarbonyl (C=S) groups is 1. The average Bonchev–Trinajstić information content (AvgIpc) is 3.64. The SMILES string of the molecule is Cc1nn(-c2ccc(C(N)=O)c(CC3CCC(NC(=S)Nc4ccc5c(c4)C(=O)OC54c5ccc(O)cc5Oc5cc(O)ccc54)CC3)c2)c2c1C(=O)CC(C)(C)C2. The fourth-order valence-electron chi connectivity index (χ4n) is 9.43. The molecule has 1 amide bonds. The van der Waals surface area contributed by atoms with Crippen LogP contribution in [-0.4, -0.2) is 48.8 Å². The Bertz CT molecular complexity index is 2540. The van der Waals surface area contributed by atoms with E-state index in [-0.39, 0.29) is 28.7 Å². The number of esters is 1. The van der Waals surface area contributed by atoms with E-state index in [2.05, 4.69) is 24.5 Å². The molecule has 9 rings (SSSR count). The van der Waals surface area contributed by atoms with Crippen molar-refractivity contribution < 1.29 is 34.1 Å². The van der Waals surface area contributed by atoms with Gasteiger partial charge < -0.3 is 36.1 Å². The van der Waals surface area contributed by atoms with Gasteiger partial charge in [0.05, 0.1) is 28.2 Å². The van der Waals surface area contributed by atoms with Crippen molar-refractivity contribution >= 4 is 40.7 Å². The fraction of sp³-hybridized carbons (Fsp3) is 0.311. The molecule has 1 saturated carbocycles. The maximum absolute atomic E-state index is 13.6. The summed E-state index contributed by atoms with van der Waals surface area (Å²) in [5.41, 5.74) is 11.6. The first kappa shape index (κ1) is 37.4. The van der Waals surface area contributed by atoms with Gasteiger partial charge >= 0.3 is 5.97 Å². The summed E-state index contributed by atoms with van der Waals surface area (Å²) in [4.78, 5) is 39.2. The molecule has 58 heavy (non-hydrogen) atoms. The molecule has 5 aromatic rings. The standard InChI is InChI=1S/C45H43N5O7S/c1-23-40-36(21-44(2,3)22-37(40)53)50(49-23)28-9-12-31(41(46)54)25(17-28)16-24-4-6-26(7-5-24)47-43(58)48-27-8-13-33-32(18-27)42(55)57-45(33)34-14-10-29(51)19-38(34)56-39-20-30(52)11-15-35(39)45/h8-15,17-20,24,26,51-52H,4-7,16,21-22H2,1-3H3,(H2,46,54)(H2,47,48,58). The van der Waals surface area contributed by atoms with E-state index in [0.29, 0.717) is 74.4 Å². The smallest absolute Gasteiger partial charge is 0.340 e. The lowest BCUT2D eigenvalue weighted by atomic mass is 9.75. The molecule has 4 aliphatic rings. The summed E-state index contributed by atoms with van der Waals surface area (Å²) in [6, 6.07) is 20.5. The van der Waals surface area contributed by atoms with E-state index in [9.17, 15) is 24.6 Å². The molecule has 2 aliphatic heterocycles. The molecular weight excluding hydrogens is 755 g/mol. The summed E-state index contributed by atoms with van der Waals surface area (Å²) < 4.78 is 14.1. The highest BCUT2D eigenvalue weighted by Gasteiger charge is 2.53. The van der Waals surface area contributed by atoms with Crippen LogP contribution in [0.4, 0.5) is 5.69 Å². The van der Waals surface area contributed by atoms with Crippen molar-refractivity contribution in [2.24, 2.45) is 17.1 Å². The molecule has 3 heterocycles. The maximum atomic E-state index is 13.6. The molecule has 0 bridgehead atoms. The number of aromatic hydroxyl groups is 2. The Morgan fingerprint density at radius 3 is 2.26 bits per heavy atom. The molecule has 13 heteroatoms. The number of ether oxygens (including phenoxy) is 2. The van der Waals surface area contributed by atoms with Crippen LogP contribution >= 0.6 is 12.2 Å². The molecular formula is C45H43N5O7S. The zero-order valence-corrected chi connectivity index (χ0v) is 33.2. The maximum Gasteiger partial charge on any atom is 0.340 e. The van der Waals surface area contributed by atoms with Gasteiger partial charge in [-0.3, -0.25) is 9.59 Å². The highest BCUT2D eigenvalue weighted by Crippen LogP contribution is 2.57. The molecule has 6 N–H and O–H groups in total. The third-order valence-corrected chi connectivity index (χ3v) is 12.3. The van der Waals surface area contributed by atoms with Gasteiger partial charge in [0.1, 0.15) is 23.0 Å². The Hall–Kier alpha value is -6.21. The molecule has 0 atom stereocenters. The minimum atomic E-state index is -1.35. The zero-order valence-electron chi connectivity index (χ0n) is 32.3. The number of aryl methyl sites for hydroxylation is 1. The molecule has 0 radical (unpaired) electrons. The molecule has 0 saturated heterocycles. The Kier molecular flexibility index (Phi) is 8.84. The molecule has 2 aliphatic carbocycles. The van der Waals surface area contributed by atoms with Gasteiger partial charge in [-0.25, -0.2) is 9.48 Å². The van der Waals surface area contributed by atoms with E-state index in [0.717, 1.165) is 54.7 Å². The van der Waals surface area contributed by atoms with Crippen molar-refractivity contribution in [3.05, 3.63) is 123 Å². The quantitative estimate of drug-likeness (QED) is 0.0849. The van der Waals surface area contributed by atoms with Gasteiger partial charge in [-0.05, 0) is 129 Å². The first-order chi connectivity index (χ1) is 27.7. The minimum Gasteiger partial charge on any atom is -0.508 e. The van der Waals surface area contributed by atoms with Crippen LogP contribution in [0, 0.1) is 18.3 Å². The lowest BCUT2D eigenvalue weighted by Gasteiger charge is -2.36. The van der Waals surface area contributed by atoms with Crippen LogP contribution in [-0.2, 0) is 23.2 Å². The predicted octanol–water partition coefficient (Wildman–Crippen LogP) is 7.50. The Morgan fingerprint density at radius 1 is 0.914 bits per heavy atom. The number of nitrogens with two attached hydrogens (primary N) is 1. The normalized spacial score (nSPS) is 19.6. The predicted molar refractivity (Wildman–Crippen MR) is 220 cm³/mol. The minimum absolute atomic E-state index is 0.0120. The van der Waals surface area contributed by atoms with Gasteiger partial charge in [-0.1, -0.05) is 19.9 Å². The number of phenolic OH excluding ortho intramolecular Hbond substituents is 2. The number of ketones is 1. The van der Waals surface area contributed by atoms with Crippen LogP contribution in [0.2, 0.25) is 0 Å². The average molecular weight is 798 g/mol. The number of aromatic nitrogens is 2. The van der Waals surface area contributed by atoms with Gasteiger partial charge in [0, 0.05) is 52.5 Å². The van der Waals surface area contributed by atoms with Crippen molar-refractivity contribution in [2.45, 2.75) is 77.4 Å². The summed E-state index contributed by atoms with van der Waals surface area (Å²) in [5.74, 6) is 0.0462. The van der Waals surface area contributed by atoms with Crippen molar-refractivity contribution in [2.75, 3.05) is 5.32 Å². The van der Waals surface area contributed by atoms with E-state index >= 15 is 0 Å². The Labute approximate surface area is 340 Å². The van der Waals surface area contributed by atoms with E-state index in [1.807, 2.05) is 35.9 Å². The number of hydrogen-bond donors (Lipinski definition) is 5. The number of hydrogen-bond acceptors (Lipinski definition) is 9. The number of carbonyl (C=O) groups is 3. The second-order valence-electron chi connectivity index (χ2n) is 16.8. The van der Waals surface area contributed by atoms with Gasteiger partial charge in [0.25, 0.3) is 0 Å². The van der Waals surface area contributed by atoms with Crippen molar-refractivity contribution in [3.63, 3.8) is 0 Å². The van der Waals surface area contributed by atoms with Crippen molar-refractivity contribution in [3.8, 4) is 28.7 Å². The molecule has 12 nitrogen and oxygen atoms in total. The van der Waals surface area contributed by atoms with Crippen LogP contribution in [0.15, 0.2) is 72.8 Å². The highest BCUT2D eigenvalue weighted by atomic mass is 32.1. The number of rotatable bonds is 6. The molecule has 1 fully saturated rings. The molecule has 1 spiro atoms. The molecule has 1 aromatic heterocycles. The number of primary amides is 1. The Morgan fingerprint density at radius 2 is 1.59 bits per heavy atom. The monoisotopic (exact) mass is 797 g/mol. The van der Waals surface area contributed by atoms with Crippen LogP contribution in [0.25, 0.3) is 5.69 Å². The Balaban J connectivity index is 0.878. The van der Waals surface area contributed by atoms with Crippen molar-refractivity contribution in [1.29, 1.82) is 0 Å².